The van der Waals surface area contributed by atoms with Gasteiger partial charge >= 0.3 is 0 Å². The van der Waals surface area contributed by atoms with Crippen molar-refractivity contribution in [3.8, 4) is 17.2 Å². The number of hydrogen-bond acceptors (Lipinski definition) is 5. The number of furan rings is 2. The summed E-state index contributed by atoms with van der Waals surface area (Å²) in [5.41, 5.74) is 15.8. The van der Waals surface area contributed by atoms with Gasteiger partial charge in [-0.3, -0.25) is 0 Å². The molecule has 6 heteroatoms. The monoisotopic (exact) mass is 956 g/mol. The molecule has 6 nitrogen and oxygen atoms in total. The van der Waals surface area contributed by atoms with Crippen LogP contribution < -0.4 is 9.80 Å². The second-order valence-corrected chi connectivity index (χ2v) is 19.6. The molecule has 0 aliphatic rings. The molecule has 0 bridgehead atoms. The largest absolute Gasteiger partial charge is 0.454 e. The SMILES string of the molecule is N#Cc1ccc(-c2cc3c4cc5ccc(N(c6ccccc6)c6cccc7c6oc6ccccc67)cc5cc4n4c5cc6cc(N(c7ccccc7)c7cccc8c7oc7ccccc78)ccc6cc5c(c2)c34)cc1. The van der Waals surface area contributed by atoms with Crippen LogP contribution >= 0.6 is 0 Å². The van der Waals surface area contributed by atoms with Crippen molar-refractivity contribution in [1.82, 2.24) is 4.40 Å². The van der Waals surface area contributed by atoms with Crippen molar-refractivity contribution in [2.45, 2.75) is 0 Å². The minimum Gasteiger partial charge on any atom is -0.454 e. The highest BCUT2D eigenvalue weighted by molar-refractivity contribution is 6.27. The molecule has 0 aliphatic heterocycles. The van der Waals surface area contributed by atoms with Gasteiger partial charge in [0.05, 0.1) is 39.6 Å². The molecule has 75 heavy (non-hydrogen) atoms. The van der Waals surface area contributed by atoms with Crippen LogP contribution in [0.3, 0.4) is 0 Å². The third-order valence-electron chi connectivity index (χ3n) is 15.4. The highest BCUT2D eigenvalue weighted by Crippen LogP contribution is 2.48. The standard InChI is InChI=1S/C69H40N4O2/c70-41-42-25-27-43(28-26-42)48-37-59-57-35-44-29-31-51(71(49-13-3-1-4-14-49)61-21-11-19-55-53-17-7-9-23-65(53)74-68(55)61)33-46(44)39-63(57)73-64-40-47-34-52(32-30-45(47)36-58(64)60(38-48)67(59)73)72(50-15-5-2-6-16-50)62-22-12-20-56-54-18-8-10-24-66(54)75-69(56)62/h1-40H. The Morgan fingerprint density at radius 2 is 0.800 bits per heavy atom. The number of hydrogen-bond donors (Lipinski definition) is 0. The van der Waals surface area contributed by atoms with Crippen LogP contribution in [0.1, 0.15) is 5.56 Å². The van der Waals surface area contributed by atoms with Crippen molar-refractivity contribution in [3.05, 3.63) is 248 Å². The maximum atomic E-state index is 9.70. The van der Waals surface area contributed by atoms with Crippen LogP contribution in [0, 0.1) is 11.3 Å². The van der Waals surface area contributed by atoms with Gasteiger partial charge in [0, 0.05) is 65.8 Å². The molecule has 348 valence electrons. The van der Waals surface area contributed by atoms with E-state index in [9.17, 15) is 5.26 Å². The molecule has 0 radical (unpaired) electrons. The summed E-state index contributed by atoms with van der Waals surface area (Å²) in [6.07, 6.45) is 0. The predicted octanol–water partition coefficient (Wildman–Crippen LogP) is 19.4. The van der Waals surface area contributed by atoms with Crippen LogP contribution in [0.4, 0.5) is 34.1 Å². The van der Waals surface area contributed by atoms with Crippen molar-refractivity contribution in [3.63, 3.8) is 0 Å². The van der Waals surface area contributed by atoms with Gasteiger partial charge in [0.15, 0.2) is 11.2 Å². The Balaban J connectivity index is 0.933. The van der Waals surface area contributed by atoms with Gasteiger partial charge in [0.2, 0.25) is 0 Å². The molecule has 16 aromatic rings. The fourth-order valence-corrected chi connectivity index (χ4v) is 12.0. The van der Waals surface area contributed by atoms with E-state index in [2.05, 4.69) is 227 Å². The average molecular weight is 957 g/mol. The molecule has 0 spiro atoms. The van der Waals surface area contributed by atoms with E-state index in [-0.39, 0.29) is 0 Å². The van der Waals surface area contributed by atoms with Crippen LogP contribution in [0.5, 0.6) is 0 Å². The van der Waals surface area contributed by atoms with Gasteiger partial charge in [-0.05, 0) is 154 Å². The van der Waals surface area contributed by atoms with E-state index in [4.69, 9.17) is 8.83 Å². The number of aromatic nitrogens is 1. The van der Waals surface area contributed by atoms with Gasteiger partial charge in [-0.2, -0.15) is 5.26 Å². The first kappa shape index (κ1) is 41.3. The van der Waals surface area contributed by atoms with Crippen LogP contribution in [0.2, 0.25) is 0 Å². The maximum Gasteiger partial charge on any atom is 0.159 e. The molecule has 0 saturated carbocycles. The Kier molecular flexibility index (Phi) is 8.71. The summed E-state index contributed by atoms with van der Waals surface area (Å²) in [4.78, 5) is 4.63. The van der Waals surface area contributed by atoms with Gasteiger partial charge in [0.1, 0.15) is 11.2 Å². The third kappa shape index (κ3) is 6.19. The zero-order chi connectivity index (χ0) is 49.3. The predicted molar refractivity (Wildman–Crippen MR) is 310 cm³/mol. The summed E-state index contributed by atoms with van der Waals surface area (Å²) >= 11 is 0. The Labute approximate surface area is 429 Å². The van der Waals surface area contributed by atoms with E-state index >= 15 is 0 Å². The molecule has 16 rings (SSSR count). The highest BCUT2D eigenvalue weighted by Gasteiger charge is 2.24. The summed E-state index contributed by atoms with van der Waals surface area (Å²) in [7, 11) is 0. The molecule has 4 heterocycles. The fourth-order valence-electron chi connectivity index (χ4n) is 12.0. The molecule has 0 aliphatic carbocycles. The molecule has 4 aromatic heterocycles. The number of anilines is 6. The molecular weight excluding hydrogens is 917 g/mol. The Hall–Kier alpha value is -10.4. The Bertz CT molecular complexity index is 4740. The number of benzene rings is 12. The lowest BCUT2D eigenvalue weighted by Crippen LogP contribution is -2.10. The van der Waals surface area contributed by atoms with Crippen molar-refractivity contribution < 1.29 is 8.83 Å². The van der Waals surface area contributed by atoms with Crippen LogP contribution in [-0.4, -0.2) is 4.40 Å². The summed E-state index contributed by atoms with van der Waals surface area (Å²) in [6.45, 7) is 0. The highest BCUT2D eigenvalue weighted by atomic mass is 16.3. The Morgan fingerprint density at radius 3 is 1.29 bits per heavy atom. The molecule has 0 fully saturated rings. The third-order valence-corrected chi connectivity index (χ3v) is 15.4. The quantitative estimate of drug-likeness (QED) is 0.159. The van der Waals surface area contributed by atoms with Crippen molar-refractivity contribution in [2.75, 3.05) is 9.80 Å². The van der Waals surface area contributed by atoms with Crippen LogP contribution in [0.15, 0.2) is 251 Å². The second-order valence-electron chi connectivity index (χ2n) is 19.6. The van der Waals surface area contributed by atoms with E-state index in [1.54, 1.807) is 0 Å². The molecule has 0 N–H and O–H groups in total. The summed E-state index contributed by atoms with van der Waals surface area (Å²) in [5.74, 6) is 0. The maximum absolute atomic E-state index is 9.70. The normalized spacial score (nSPS) is 12.0. The van der Waals surface area contributed by atoms with Gasteiger partial charge in [-0.15, -0.1) is 0 Å². The van der Waals surface area contributed by atoms with E-state index < -0.39 is 0 Å². The van der Waals surface area contributed by atoms with Gasteiger partial charge in [-0.25, -0.2) is 0 Å². The van der Waals surface area contributed by atoms with Gasteiger partial charge in [-0.1, -0.05) is 121 Å². The molecule has 0 atom stereocenters. The number of para-hydroxylation sites is 6. The minimum absolute atomic E-state index is 0.642. The summed E-state index contributed by atoms with van der Waals surface area (Å²) in [5, 5.41) is 23.4. The van der Waals surface area contributed by atoms with Crippen molar-refractivity contribution in [2.24, 2.45) is 0 Å². The molecule has 0 saturated heterocycles. The van der Waals surface area contributed by atoms with E-state index in [1.165, 1.54) is 27.1 Å². The Morgan fingerprint density at radius 1 is 0.333 bits per heavy atom. The summed E-state index contributed by atoms with van der Waals surface area (Å²) < 4.78 is 15.8. The molecule has 12 aromatic carbocycles. The van der Waals surface area contributed by atoms with Gasteiger partial charge in [0.25, 0.3) is 0 Å². The average Bonchev–Trinajstić information content (AvgIpc) is 4.24. The number of nitrogens with zero attached hydrogens (tertiary/aromatic N) is 4. The van der Waals surface area contributed by atoms with Crippen LogP contribution in [0.25, 0.3) is 115 Å². The molecule has 0 unspecified atom stereocenters. The van der Waals surface area contributed by atoms with Crippen molar-refractivity contribution >= 4 is 138 Å². The lowest BCUT2D eigenvalue weighted by atomic mass is 9.97. The fraction of sp³-hybridized carbons (Fsp3) is 0. The van der Waals surface area contributed by atoms with E-state index in [0.29, 0.717) is 5.56 Å². The van der Waals surface area contributed by atoms with Gasteiger partial charge < -0.3 is 23.0 Å². The molecular formula is C69H40N4O2. The van der Waals surface area contributed by atoms with Crippen LogP contribution in [-0.2, 0) is 0 Å². The van der Waals surface area contributed by atoms with E-state index in [1.807, 2.05) is 36.4 Å². The topological polar surface area (TPSA) is 61.0 Å². The first-order valence-electron chi connectivity index (χ1n) is 25.3. The number of fused-ring (bicyclic) bond motifs is 14. The number of nitriles is 1. The summed E-state index contributed by atoms with van der Waals surface area (Å²) in [6, 6.07) is 88.6. The smallest absolute Gasteiger partial charge is 0.159 e. The van der Waals surface area contributed by atoms with E-state index in [0.717, 1.165) is 122 Å². The lowest BCUT2D eigenvalue weighted by molar-refractivity contribution is 0.668. The zero-order valence-electron chi connectivity index (χ0n) is 40.2. The van der Waals surface area contributed by atoms with Crippen molar-refractivity contribution in [1.29, 1.82) is 5.26 Å². The minimum atomic E-state index is 0.642. The first-order chi connectivity index (χ1) is 37.1. The lowest BCUT2D eigenvalue weighted by Gasteiger charge is -2.26. The second kappa shape index (κ2) is 15.8. The number of rotatable bonds is 7. The zero-order valence-corrected chi connectivity index (χ0v) is 40.2. The first-order valence-corrected chi connectivity index (χ1v) is 25.3. The molecule has 0 amide bonds.